The van der Waals surface area contributed by atoms with Crippen LogP contribution in [0, 0.1) is 6.92 Å². The molecule has 0 amide bonds. The van der Waals surface area contributed by atoms with Gasteiger partial charge in [-0.1, -0.05) is 18.7 Å². The van der Waals surface area contributed by atoms with Crippen molar-refractivity contribution < 1.29 is 4.74 Å². The molecule has 2 heterocycles. The summed E-state index contributed by atoms with van der Waals surface area (Å²) in [5, 5.41) is 7.45. The average Bonchev–Trinajstić information content (AvgIpc) is 3.04. The number of hydrogen-bond donors (Lipinski definition) is 3. The molecule has 0 saturated heterocycles. The summed E-state index contributed by atoms with van der Waals surface area (Å²) in [6, 6.07) is 10.2. The number of nitrogens with zero attached hydrogens (tertiary/aromatic N) is 1. The van der Waals surface area contributed by atoms with Crippen LogP contribution >= 0.6 is 0 Å². The summed E-state index contributed by atoms with van der Waals surface area (Å²) >= 11 is 0. The lowest BCUT2D eigenvalue weighted by Gasteiger charge is -2.10. The van der Waals surface area contributed by atoms with Crippen LogP contribution in [0.4, 0.5) is 11.6 Å². The molecule has 0 bridgehead atoms. The Balaban J connectivity index is 1.96. The number of rotatable bonds is 6. The summed E-state index contributed by atoms with van der Waals surface area (Å²) in [6.07, 6.45) is 3.53. The predicted octanol–water partition coefficient (Wildman–Crippen LogP) is 4.92. The first kappa shape index (κ1) is 17.0. The highest BCUT2D eigenvalue weighted by molar-refractivity contribution is 6.15. The highest BCUT2D eigenvalue weighted by Gasteiger charge is 2.14. The quantitative estimate of drug-likeness (QED) is 0.428. The third-order valence-corrected chi connectivity index (χ3v) is 4.76. The van der Waals surface area contributed by atoms with Crippen molar-refractivity contribution in [1.29, 1.82) is 0 Å². The van der Waals surface area contributed by atoms with Crippen LogP contribution in [-0.4, -0.2) is 23.1 Å². The third-order valence-electron chi connectivity index (χ3n) is 4.76. The summed E-state index contributed by atoms with van der Waals surface area (Å²) in [5.41, 5.74) is 9.57. The number of aromatic nitrogens is 2. The van der Waals surface area contributed by atoms with Crippen molar-refractivity contribution in [3.05, 3.63) is 61.2 Å². The number of fused-ring (bicyclic) bond motifs is 4. The minimum Gasteiger partial charge on any atom is -0.490 e. The Bertz CT molecular complexity index is 1190. The molecule has 136 valence electrons. The van der Waals surface area contributed by atoms with Crippen molar-refractivity contribution in [2.45, 2.75) is 6.92 Å². The average molecular weight is 358 g/mol. The number of anilines is 2. The zero-order valence-corrected chi connectivity index (χ0v) is 15.3. The van der Waals surface area contributed by atoms with Crippen LogP contribution in [0.5, 0.6) is 5.75 Å². The number of benzene rings is 2. The van der Waals surface area contributed by atoms with Crippen molar-refractivity contribution >= 4 is 44.2 Å². The molecule has 0 fully saturated rings. The normalized spacial score (nSPS) is 11.1. The van der Waals surface area contributed by atoms with E-state index in [2.05, 4.69) is 41.4 Å². The molecular formula is C22H22N4O. The number of nitrogen functional groups attached to an aromatic ring is 1. The van der Waals surface area contributed by atoms with Crippen molar-refractivity contribution in [3.8, 4) is 5.75 Å². The summed E-state index contributed by atoms with van der Waals surface area (Å²) < 4.78 is 5.69. The van der Waals surface area contributed by atoms with Crippen LogP contribution in [0.15, 0.2) is 55.6 Å². The van der Waals surface area contributed by atoms with Crippen LogP contribution in [0.3, 0.4) is 0 Å². The lowest BCUT2D eigenvalue weighted by atomic mass is 10.0. The minimum absolute atomic E-state index is 0.479. The fraction of sp³-hybridized carbons (Fsp3) is 0.136. The van der Waals surface area contributed by atoms with E-state index in [-0.39, 0.29) is 0 Å². The maximum atomic E-state index is 6.27. The topological polar surface area (TPSA) is 76.0 Å². The molecule has 0 atom stereocenters. The molecule has 27 heavy (non-hydrogen) atoms. The highest BCUT2D eigenvalue weighted by atomic mass is 16.5. The predicted molar refractivity (Wildman–Crippen MR) is 115 cm³/mol. The molecule has 5 heteroatoms. The van der Waals surface area contributed by atoms with Crippen LogP contribution in [-0.2, 0) is 0 Å². The van der Waals surface area contributed by atoms with E-state index in [0.717, 1.165) is 49.7 Å². The van der Waals surface area contributed by atoms with Gasteiger partial charge >= 0.3 is 0 Å². The van der Waals surface area contributed by atoms with Crippen LogP contribution in [0.25, 0.3) is 32.6 Å². The summed E-state index contributed by atoms with van der Waals surface area (Å²) in [5.74, 6) is 2.08. The monoisotopic (exact) mass is 358 g/mol. The van der Waals surface area contributed by atoms with E-state index in [0.29, 0.717) is 19.0 Å². The molecule has 4 rings (SSSR count). The van der Waals surface area contributed by atoms with Crippen LogP contribution in [0.1, 0.15) is 5.56 Å². The van der Waals surface area contributed by atoms with E-state index < -0.39 is 0 Å². The van der Waals surface area contributed by atoms with Gasteiger partial charge in [-0.2, -0.15) is 0 Å². The Labute approximate surface area is 157 Å². The number of aryl methyl sites for hydroxylation is 1. The SMILES string of the molecule is C=CCNc1cc2c(C)c3[nH]c4ccc(OCC=C)cc4c3cc2c(N)n1. The van der Waals surface area contributed by atoms with E-state index in [1.54, 1.807) is 12.2 Å². The number of nitrogens with two attached hydrogens (primary N) is 1. The van der Waals surface area contributed by atoms with Crippen LogP contribution < -0.4 is 15.8 Å². The molecule has 0 spiro atoms. The molecule has 0 saturated carbocycles. The maximum absolute atomic E-state index is 6.27. The molecule has 0 aliphatic heterocycles. The van der Waals surface area contributed by atoms with Crippen molar-refractivity contribution in [2.24, 2.45) is 0 Å². The number of aromatic amines is 1. The number of nitrogens with one attached hydrogen (secondary N) is 2. The molecule has 0 aliphatic carbocycles. The number of ether oxygens (including phenoxy) is 1. The fourth-order valence-corrected chi connectivity index (χ4v) is 3.47. The van der Waals surface area contributed by atoms with Gasteiger partial charge in [0.1, 0.15) is 24.0 Å². The van der Waals surface area contributed by atoms with E-state index in [9.17, 15) is 0 Å². The Morgan fingerprint density at radius 1 is 1.11 bits per heavy atom. The van der Waals surface area contributed by atoms with Gasteiger partial charge in [0.15, 0.2) is 0 Å². The first-order valence-corrected chi connectivity index (χ1v) is 8.86. The lowest BCUT2D eigenvalue weighted by molar-refractivity contribution is 0.364. The Morgan fingerprint density at radius 3 is 2.74 bits per heavy atom. The first-order chi connectivity index (χ1) is 13.1. The number of pyridine rings is 1. The lowest BCUT2D eigenvalue weighted by Crippen LogP contribution is -2.03. The van der Waals surface area contributed by atoms with E-state index in [1.807, 2.05) is 24.3 Å². The second-order valence-electron chi connectivity index (χ2n) is 6.51. The second kappa shape index (κ2) is 6.68. The molecule has 0 radical (unpaired) electrons. The third kappa shape index (κ3) is 2.87. The molecule has 0 unspecified atom stereocenters. The molecule has 5 nitrogen and oxygen atoms in total. The molecule has 2 aromatic carbocycles. The Morgan fingerprint density at radius 2 is 1.96 bits per heavy atom. The standard InChI is InChI=1S/C22H22N4O/c1-4-8-24-20-12-15-13(3)21-17(11-18(15)22(23)26-20)16-10-14(27-9-5-2)6-7-19(16)25-21/h4-7,10-12,25H,1-2,8-9H2,3H3,(H3,23,24,26). The van der Waals surface area contributed by atoms with Crippen LogP contribution in [0.2, 0.25) is 0 Å². The molecule has 4 N–H and O–H groups in total. The summed E-state index contributed by atoms with van der Waals surface area (Å²) in [6.45, 7) is 10.6. The van der Waals surface area contributed by atoms with Gasteiger partial charge in [0.2, 0.25) is 0 Å². The largest absolute Gasteiger partial charge is 0.490 e. The van der Waals surface area contributed by atoms with Gasteiger partial charge < -0.3 is 20.8 Å². The van der Waals surface area contributed by atoms with Gasteiger partial charge in [-0.3, -0.25) is 0 Å². The highest BCUT2D eigenvalue weighted by Crippen LogP contribution is 2.36. The van der Waals surface area contributed by atoms with Gasteiger partial charge in [-0.25, -0.2) is 4.98 Å². The summed E-state index contributed by atoms with van der Waals surface area (Å²) in [4.78, 5) is 8.01. The number of H-pyrrole nitrogens is 1. The van der Waals surface area contributed by atoms with Crippen molar-refractivity contribution in [3.63, 3.8) is 0 Å². The van der Waals surface area contributed by atoms with E-state index >= 15 is 0 Å². The van der Waals surface area contributed by atoms with Gasteiger partial charge in [0.25, 0.3) is 0 Å². The molecule has 4 aromatic rings. The smallest absolute Gasteiger partial charge is 0.133 e. The zero-order chi connectivity index (χ0) is 19.0. The second-order valence-corrected chi connectivity index (χ2v) is 6.51. The molecule has 0 aliphatic rings. The van der Waals surface area contributed by atoms with Gasteiger partial charge in [0.05, 0.1) is 5.52 Å². The Hall–Kier alpha value is -3.47. The zero-order valence-electron chi connectivity index (χ0n) is 15.3. The van der Waals surface area contributed by atoms with Crippen molar-refractivity contribution in [2.75, 3.05) is 24.2 Å². The van der Waals surface area contributed by atoms with Crippen molar-refractivity contribution in [1.82, 2.24) is 9.97 Å². The molecule has 2 aromatic heterocycles. The summed E-state index contributed by atoms with van der Waals surface area (Å²) in [7, 11) is 0. The number of hydrogen-bond acceptors (Lipinski definition) is 4. The maximum Gasteiger partial charge on any atom is 0.133 e. The fourth-order valence-electron chi connectivity index (χ4n) is 3.47. The van der Waals surface area contributed by atoms with Gasteiger partial charge in [0, 0.05) is 28.2 Å². The van der Waals surface area contributed by atoms with E-state index in [1.165, 1.54) is 0 Å². The Kier molecular flexibility index (Phi) is 4.20. The van der Waals surface area contributed by atoms with Gasteiger partial charge in [-0.05, 0) is 48.2 Å². The first-order valence-electron chi connectivity index (χ1n) is 8.86. The van der Waals surface area contributed by atoms with E-state index in [4.69, 9.17) is 10.5 Å². The minimum atomic E-state index is 0.479. The molecular weight excluding hydrogens is 336 g/mol. The van der Waals surface area contributed by atoms with Gasteiger partial charge in [-0.15, -0.1) is 6.58 Å².